The summed E-state index contributed by atoms with van der Waals surface area (Å²) in [5.41, 5.74) is 0.652. The van der Waals surface area contributed by atoms with E-state index in [0.717, 1.165) is 12.0 Å². The number of hydrogen-bond acceptors (Lipinski definition) is 1. The van der Waals surface area contributed by atoms with Crippen molar-refractivity contribution in [3.05, 3.63) is 0 Å². The van der Waals surface area contributed by atoms with Gasteiger partial charge >= 0.3 is 0 Å². The zero-order chi connectivity index (χ0) is 12.2. The summed E-state index contributed by atoms with van der Waals surface area (Å²) in [5, 5.41) is 0. The van der Waals surface area contributed by atoms with E-state index in [1.54, 1.807) is 0 Å². The molecule has 3 atom stereocenters. The van der Waals surface area contributed by atoms with Crippen LogP contribution in [0.3, 0.4) is 0 Å². The molecular formula is C15H31N. The standard InChI is InChI=1S/C15H31N/c1-6-8-13(3)16(5)12-14-9-10-15(4,7-2)11-14/h13-14H,6-12H2,1-5H3. The molecule has 1 aliphatic rings. The first-order valence-corrected chi connectivity index (χ1v) is 7.21. The smallest absolute Gasteiger partial charge is 0.00638 e. The molecule has 0 spiro atoms. The van der Waals surface area contributed by atoms with Crippen molar-refractivity contribution < 1.29 is 0 Å². The molecule has 0 heterocycles. The maximum Gasteiger partial charge on any atom is 0.00638 e. The van der Waals surface area contributed by atoms with Gasteiger partial charge in [-0.3, -0.25) is 0 Å². The summed E-state index contributed by atoms with van der Waals surface area (Å²) in [6.45, 7) is 10.8. The first kappa shape index (κ1) is 14.0. The van der Waals surface area contributed by atoms with Crippen LogP contribution < -0.4 is 0 Å². The van der Waals surface area contributed by atoms with Gasteiger partial charge < -0.3 is 4.90 Å². The summed E-state index contributed by atoms with van der Waals surface area (Å²) in [6, 6.07) is 0.762. The van der Waals surface area contributed by atoms with Crippen molar-refractivity contribution in [1.82, 2.24) is 4.90 Å². The highest BCUT2D eigenvalue weighted by molar-refractivity contribution is 4.86. The highest BCUT2D eigenvalue weighted by Crippen LogP contribution is 2.44. The molecule has 1 saturated carbocycles. The van der Waals surface area contributed by atoms with Gasteiger partial charge in [0.2, 0.25) is 0 Å². The molecule has 1 heteroatoms. The van der Waals surface area contributed by atoms with Crippen molar-refractivity contribution in [2.45, 2.75) is 72.3 Å². The van der Waals surface area contributed by atoms with Crippen LogP contribution in [0.25, 0.3) is 0 Å². The van der Waals surface area contributed by atoms with Gasteiger partial charge in [-0.2, -0.15) is 0 Å². The Labute approximate surface area is 103 Å². The first-order chi connectivity index (χ1) is 7.50. The Morgan fingerprint density at radius 1 is 1.38 bits per heavy atom. The molecule has 0 saturated heterocycles. The van der Waals surface area contributed by atoms with Gasteiger partial charge in [-0.15, -0.1) is 0 Å². The summed E-state index contributed by atoms with van der Waals surface area (Å²) < 4.78 is 0. The average molecular weight is 225 g/mol. The maximum atomic E-state index is 2.58. The van der Waals surface area contributed by atoms with Crippen LogP contribution in [0.4, 0.5) is 0 Å². The molecule has 0 aromatic carbocycles. The molecule has 0 radical (unpaired) electrons. The zero-order valence-electron chi connectivity index (χ0n) is 12.1. The molecule has 0 aliphatic heterocycles. The van der Waals surface area contributed by atoms with Crippen LogP contribution in [0.2, 0.25) is 0 Å². The Kier molecular flexibility index (Phi) is 5.30. The molecule has 3 unspecified atom stereocenters. The quantitative estimate of drug-likeness (QED) is 0.650. The van der Waals surface area contributed by atoms with Gasteiger partial charge in [0.25, 0.3) is 0 Å². The Bertz CT molecular complexity index is 202. The summed E-state index contributed by atoms with van der Waals surface area (Å²) in [6.07, 6.45) is 8.36. The van der Waals surface area contributed by atoms with Crippen molar-refractivity contribution in [1.29, 1.82) is 0 Å². The van der Waals surface area contributed by atoms with Gasteiger partial charge in [0, 0.05) is 12.6 Å². The lowest BCUT2D eigenvalue weighted by molar-refractivity contribution is 0.199. The molecular weight excluding hydrogens is 194 g/mol. The predicted molar refractivity (Wildman–Crippen MR) is 72.7 cm³/mol. The number of rotatable bonds is 6. The normalized spacial score (nSPS) is 32.2. The highest BCUT2D eigenvalue weighted by Gasteiger charge is 2.33. The SMILES string of the molecule is CCCC(C)N(C)CC1CCC(C)(CC)C1. The molecule has 1 fully saturated rings. The van der Waals surface area contributed by atoms with Gasteiger partial charge in [0.05, 0.1) is 0 Å². The third-order valence-electron chi connectivity index (χ3n) is 4.80. The van der Waals surface area contributed by atoms with Crippen molar-refractivity contribution in [3.63, 3.8) is 0 Å². The van der Waals surface area contributed by atoms with E-state index >= 15 is 0 Å². The maximum absolute atomic E-state index is 2.58. The molecule has 0 aromatic rings. The molecule has 0 aromatic heterocycles. The van der Waals surface area contributed by atoms with Crippen LogP contribution >= 0.6 is 0 Å². The van der Waals surface area contributed by atoms with E-state index in [-0.39, 0.29) is 0 Å². The van der Waals surface area contributed by atoms with E-state index in [2.05, 4.69) is 39.6 Å². The van der Waals surface area contributed by atoms with E-state index in [4.69, 9.17) is 0 Å². The summed E-state index contributed by atoms with van der Waals surface area (Å²) in [7, 11) is 2.31. The van der Waals surface area contributed by atoms with Crippen molar-refractivity contribution in [2.24, 2.45) is 11.3 Å². The van der Waals surface area contributed by atoms with Gasteiger partial charge in [-0.1, -0.05) is 33.6 Å². The van der Waals surface area contributed by atoms with Crippen molar-refractivity contribution in [2.75, 3.05) is 13.6 Å². The fourth-order valence-corrected chi connectivity index (χ4v) is 3.16. The van der Waals surface area contributed by atoms with Crippen molar-refractivity contribution in [3.8, 4) is 0 Å². The van der Waals surface area contributed by atoms with E-state index in [0.29, 0.717) is 5.41 Å². The number of nitrogens with zero attached hydrogens (tertiary/aromatic N) is 1. The molecule has 1 nitrogen and oxygen atoms in total. The van der Waals surface area contributed by atoms with Crippen LogP contribution in [0.15, 0.2) is 0 Å². The molecule has 1 aliphatic carbocycles. The van der Waals surface area contributed by atoms with E-state index in [1.165, 1.54) is 45.1 Å². The second-order valence-electron chi connectivity index (χ2n) is 6.35. The largest absolute Gasteiger partial charge is 0.303 e. The Morgan fingerprint density at radius 3 is 2.56 bits per heavy atom. The van der Waals surface area contributed by atoms with Crippen LogP contribution in [0, 0.1) is 11.3 Å². The number of hydrogen-bond donors (Lipinski definition) is 0. The van der Waals surface area contributed by atoms with Crippen LogP contribution in [-0.4, -0.2) is 24.5 Å². The summed E-state index contributed by atoms with van der Waals surface area (Å²) in [5.74, 6) is 0.953. The lowest BCUT2D eigenvalue weighted by Crippen LogP contribution is -2.33. The van der Waals surface area contributed by atoms with Crippen LogP contribution in [0.5, 0.6) is 0 Å². The van der Waals surface area contributed by atoms with Gasteiger partial charge in [-0.25, -0.2) is 0 Å². The second kappa shape index (κ2) is 6.05. The van der Waals surface area contributed by atoms with Crippen LogP contribution in [-0.2, 0) is 0 Å². The fourth-order valence-electron chi connectivity index (χ4n) is 3.16. The second-order valence-corrected chi connectivity index (χ2v) is 6.35. The summed E-state index contributed by atoms with van der Waals surface area (Å²) in [4.78, 5) is 2.58. The minimum atomic E-state index is 0.652. The highest BCUT2D eigenvalue weighted by atomic mass is 15.1. The van der Waals surface area contributed by atoms with Gasteiger partial charge in [0.1, 0.15) is 0 Å². The van der Waals surface area contributed by atoms with E-state index < -0.39 is 0 Å². The average Bonchev–Trinajstić information content (AvgIpc) is 2.61. The topological polar surface area (TPSA) is 3.24 Å². The molecule has 0 bridgehead atoms. The fraction of sp³-hybridized carbons (Fsp3) is 1.00. The molecule has 96 valence electrons. The monoisotopic (exact) mass is 225 g/mol. The Morgan fingerprint density at radius 2 is 2.06 bits per heavy atom. The minimum Gasteiger partial charge on any atom is -0.303 e. The lowest BCUT2D eigenvalue weighted by atomic mass is 9.85. The predicted octanol–water partition coefficient (Wildman–Crippen LogP) is 4.32. The Balaban J connectivity index is 2.33. The third kappa shape index (κ3) is 3.76. The summed E-state index contributed by atoms with van der Waals surface area (Å²) >= 11 is 0. The molecule has 0 N–H and O–H groups in total. The van der Waals surface area contributed by atoms with E-state index in [9.17, 15) is 0 Å². The third-order valence-corrected chi connectivity index (χ3v) is 4.80. The van der Waals surface area contributed by atoms with Gasteiger partial charge in [-0.05, 0) is 51.0 Å². The first-order valence-electron chi connectivity index (χ1n) is 7.21. The molecule has 0 amide bonds. The Hall–Kier alpha value is -0.0400. The van der Waals surface area contributed by atoms with E-state index in [1.807, 2.05) is 0 Å². The van der Waals surface area contributed by atoms with Crippen molar-refractivity contribution >= 4 is 0 Å². The zero-order valence-corrected chi connectivity index (χ0v) is 12.1. The van der Waals surface area contributed by atoms with Gasteiger partial charge in [0.15, 0.2) is 0 Å². The molecule has 1 rings (SSSR count). The minimum absolute atomic E-state index is 0.652. The lowest BCUT2D eigenvalue weighted by Gasteiger charge is -2.28. The molecule has 16 heavy (non-hydrogen) atoms. The van der Waals surface area contributed by atoms with Crippen LogP contribution in [0.1, 0.15) is 66.2 Å².